The van der Waals surface area contributed by atoms with Crippen molar-refractivity contribution in [3.8, 4) is 11.3 Å². The number of nitrogens with one attached hydrogen (secondary N) is 2. The number of rotatable bonds is 9. The zero-order valence-electron chi connectivity index (χ0n) is 20.4. The van der Waals surface area contributed by atoms with Crippen LogP contribution in [-0.4, -0.2) is 29.6 Å². The summed E-state index contributed by atoms with van der Waals surface area (Å²) in [4.78, 5) is 21.9. The van der Waals surface area contributed by atoms with Crippen molar-refractivity contribution in [2.45, 2.75) is 31.1 Å². The molecule has 182 valence electrons. The SMILES string of the molecule is COC(=O)C1(c2ccc(Nc3nc(NCCc4ccccc4)cc(-c4ccccc4)n3)cc2)CCC1. The molecular weight excluding hydrogens is 448 g/mol. The zero-order chi connectivity index (χ0) is 24.8. The van der Waals surface area contributed by atoms with Gasteiger partial charge in [0.25, 0.3) is 0 Å². The third-order valence-electron chi connectivity index (χ3n) is 6.84. The Balaban J connectivity index is 1.36. The van der Waals surface area contributed by atoms with E-state index in [-0.39, 0.29) is 5.97 Å². The minimum absolute atomic E-state index is 0.153. The van der Waals surface area contributed by atoms with E-state index in [1.54, 1.807) is 0 Å². The van der Waals surface area contributed by atoms with Crippen molar-refractivity contribution in [1.82, 2.24) is 9.97 Å². The van der Waals surface area contributed by atoms with E-state index in [0.717, 1.165) is 60.6 Å². The largest absolute Gasteiger partial charge is 0.468 e. The summed E-state index contributed by atoms with van der Waals surface area (Å²) in [5.41, 5.74) is 4.48. The van der Waals surface area contributed by atoms with E-state index in [1.165, 1.54) is 12.7 Å². The number of aromatic nitrogens is 2. The number of anilines is 3. The third kappa shape index (κ3) is 5.08. The van der Waals surface area contributed by atoms with Crippen LogP contribution in [0.5, 0.6) is 0 Å². The van der Waals surface area contributed by atoms with Crippen LogP contribution in [0.2, 0.25) is 0 Å². The fraction of sp³-hybridized carbons (Fsp3) is 0.233. The van der Waals surface area contributed by atoms with Crippen molar-refractivity contribution in [2.75, 3.05) is 24.3 Å². The molecule has 2 N–H and O–H groups in total. The highest BCUT2D eigenvalue weighted by Gasteiger charge is 2.46. The summed E-state index contributed by atoms with van der Waals surface area (Å²) in [6.07, 6.45) is 3.59. The van der Waals surface area contributed by atoms with E-state index in [4.69, 9.17) is 14.7 Å². The zero-order valence-corrected chi connectivity index (χ0v) is 20.4. The minimum atomic E-state index is -0.507. The summed E-state index contributed by atoms with van der Waals surface area (Å²) in [6.45, 7) is 0.763. The molecule has 1 aliphatic rings. The predicted octanol–water partition coefficient (Wildman–Crippen LogP) is 6.14. The van der Waals surface area contributed by atoms with Gasteiger partial charge in [0.1, 0.15) is 5.82 Å². The van der Waals surface area contributed by atoms with Gasteiger partial charge in [-0.1, -0.05) is 79.2 Å². The van der Waals surface area contributed by atoms with Gasteiger partial charge in [0, 0.05) is 23.9 Å². The van der Waals surface area contributed by atoms with Crippen LogP contribution in [-0.2, 0) is 21.4 Å². The van der Waals surface area contributed by atoms with Crippen molar-refractivity contribution < 1.29 is 9.53 Å². The number of nitrogens with zero attached hydrogens (tertiary/aromatic N) is 2. The summed E-state index contributed by atoms with van der Waals surface area (Å²) < 4.78 is 5.09. The van der Waals surface area contributed by atoms with Crippen LogP contribution >= 0.6 is 0 Å². The van der Waals surface area contributed by atoms with Gasteiger partial charge < -0.3 is 15.4 Å². The fourth-order valence-electron chi connectivity index (χ4n) is 4.67. The van der Waals surface area contributed by atoms with E-state index in [2.05, 4.69) is 34.9 Å². The first kappa shape index (κ1) is 23.5. The molecule has 6 heteroatoms. The van der Waals surface area contributed by atoms with E-state index >= 15 is 0 Å². The lowest BCUT2D eigenvalue weighted by Gasteiger charge is -2.39. The quantitative estimate of drug-likeness (QED) is 0.282. The normalized spacial score (nSPS) is 13.9. The van der Waals surface area contributed by atoms with Crippen LogP contribution in [0, 0.1) is 0 Å². The molecule has 36 heavy (non-hydrogen) atoms. The Kier molecular flexibility index (Phi) is 6.94. The number of esters is 1. The van der Waals surface area contributed by atoms with Crippen LogP contribution in [0.4, 0.5) is 17.5 Å². The van der Waals surface area contributed by atoms with Crippen LogP contribution in [0.3, 0.4) is 0 Å². The Morgan fingerprint density at radius 1 is 0.917 bits per heavy atom. The first-order chi connectivity index (χ1) is 17.7. The van der Waals surface area contributed by atoms with Gasteiger partial charge >= 0.3 is 5.97 Å². The second-order valence-electron chi connectivity index (χ2n) is 9.12. The Morgan fingerprint density at radius 3 is 2.25 bits per heavy atom. The predicted molar refractivity (Wildman–Crippen MR) is 143 cm³/mol. The van der Waals surface area contributed by atoms with E-state index < -0.39 is 5.41 Å². The van der Waals surface area contributed by atoms with Gasteiger partial charge in [0.05, 0.1) is 18.2 Å². The van der Waals surface area contributed by atoms with Crippen molar-refractivity contribution >= 4 is 23.4 Å². The van der Waals surface area contributed by atoms with Gasteiger partial charge in [-0.05, 0) is 42.5 Å². The first-order valence-corrected chi connectivity index (χ1v) is 12.3. The van der Waals surface area contributed by atoms with E-state index in [0.29, 0.717) is 5.95 Å². The van der Waals surface area contributed by atoms with Crippen LogP contribution in [0.25, 0.3) is 11.3 Å². The van der Waals surface area contributed by atoms with Gasteiger partial charge in [-0.25, -0.2) is 4.98 Å². The van der Waals surface area contributed by atoms with Gasteiger partial charge in [-0.15, -0.1) is 0 Å². The second-order valence-corrected chi connectivity index (χ2v) is 9.12. The van der Waals surface area contributed by atoms with Gasteiger partial charge in [0.15, 0.2) is 0 Å². The highest BCUT2D eigenvalue weighted by atomic mass is 16.5. The molecule has 0 radical (unpaired) electrons. The molecule has 4 aromatic rings. The summed E-state index contributed by atoms with van der Waals surface area (Å²) in [5, 5.41) is 6.79. The van der Waals surface area contributed by atoms with Crippen molar-refractivity contribution in [3.63, 3.8) is 0 Å². The van der Waals surface area contributed by atoms with Crippen LogP contribution in [0.15, 0.2) is 91.0 Å². The lowest BCUT2D eigenvalue weighted by molar-refractivity contribution is -0.151. The molecule has 5 rings (SSSR count). The summed E-state index contributed by atoms with van der Waals surface area (Å²) in [5.74, 6) is 1.12. The van der Waals surface area contributed by atoms with E-state index in [9.17, 15) is 4.79 Å². The lowest BCUT2D eigenvalue weighted by Crippen LogP contribution is -2.43. The van der Waals surface area contributed by atoms with Crippen molar-refractivity contribution in [3.05, 3.63) is 102 Å². The van der Waals surface area contributed by atoms with Crippen LogP contribution in [0.1, 0.15) is 30.4 Å². The molecule has 0 bridgehead atoms. The molecule has 1 heterocycles. The number of carbonyl (C=O) groups is 1. The molecule has 0 unspecified atom stereocenters. The smallest absolute Gasteiger partial charge is 0.316 e. The maximum Gasteiger partial charge on any atom is 0.316 e. The molecule has 0 atom stereocenters. The summed E-state index contributed by atoms with van der Waals surface area (Å²) in [7, 11) is 1.46. The Labute approximate surface area is 211 Å². The highest BCUT2D eigenvalue weighted by molar-refractivity contribution is 5.84. The number of benzene rings is 3. The third-order valence-corrected chi connectivity index (χ3v) is 6.84. The minimum Gasteiger partial charge on any atom is -0.468 e. The molecule has 0 aliphatic heterocycles. The number of carbonyl (C=O) groups excluding carboxylic acids is 1. The molecule has 1 aliphatic carbocycles. The molecular formula is C30H30N4O2. The molecule has 0 spiro atoms. The molecule has 0 amide bonds. The first-order valence-electron chi connectivity index (χ1n) is 12.3. The van der Waals surface area contributed by atoms with E-state index in [1.807, 2.05) is 66.7 Å². The number of hydrogen-bond acceptors (Lipinski definition) is 6. The number of hydrogen-bond donors (Lipinski definition) is 2. The Morgan fingerprint density at radius 2 is 1.61 bits per heavy atom. The van der Waals surface area contributed by atoms with Crippen molar-refractivity contribution in [2.24, 2.45) is 0 Å². The maximum atomic E-state index is 12.4. The average Bonchev–Trinajstić information content (AvgIpc) is 2.90. The molecule has 0 saturated heterocycles. The Hall–Kier alpha value is -4.19. The lowest BCUT2D eigenvalue weighted by atomic mass is 9.64. The monoisotopic (exact) mass is 478 g/mol. The topological polar surface area (TPSA) is 76.1 Å². The molecule has 6 nitrogen and oxygen atoms in total. The fourth-order valence-corrected chi connectivity index (χ4v) is 4.67. The van der Waals surface area contributed by atoms with Gasteiger partial charge in [-0.3, -0.25) is 4.79 Å². The second kappa shape index (κ2) is 10.6. The maximum absolute atomic E-state index is 12.4. The summed E-state index contributed by atoms with van der Waals surface area (Å²) >= 11 is 0. The number of ether oxygens (including phenoxy) is 1. The van der Waals surface area contributed by atoms with Crippen molar-refractivity contribution in [1.29, 1.82) is 0 Å². The Bertz CT molecular complexity index is 1300. The van der Waals surface area contributed by atoms with Crippen LogP contribution < -0.4 is 10.6 Å². The molecule has 3 aromatic carbocycles. The highest BCUT2D eigenvalue weighted by Crippen LogP contribution is 2.45. The van der Waals surface area contributed by atoms with Gasteiger partial charge in [-0.2, -0.15) is 4.98 Å². The van der Waals surface area contributed by atoms with Gasteiger partial charge in [0.2, 0.25) is 5.95 Å². The molecule has 1 aromatic heterocycles. The number of methoxy groups -OCH3 is 1. The standard InChI is InChI=1S/C30H30N4O2/c1-36-28(35)30(18-8-19-30)24-13-15-25(16-14-24)32-29-33-26(23-11-6-3-7-12-23)21-27(34-29)31-20-17-22-9-4-2-5-10-22/h2-7,9-16,21H,8,17-20H2,1H3,(H2,31,32,33,34). The molecule has 1 saturated carbocycles. The molecule has 1 fully saturated rings. The average molecular weight is 479 g/mol. The summed E-state index contributed by atoms with van der Waals surface area (Å²) in [6, 6.07) is 30.4.